The summed E-state index contributed by atoms with van der Waals surface area (Å²) in [5.74, 6) is -1.12. The largest absolute Gasteiger partial charge is 0.448 e. The minimum atomic E-state index is -0.900. The van der Waals surface area contributed by atoms with Crippen molar-refractivity contribution in [2.45, 2.75) is 71.4 Å². The molecule has 1 aliphatic carbocycles. The van der Waals surface area contributed by atoms with E-state index in [-0.39, 0.29) is 36.4 Å². The fraction of sp³-hybridized carbons (Fsp3) is 0.524. The molecule has 1 atom stereocenters. The monoisotopic (exact) mass is 385 g/mol. The first-order valence-electron chi connectivity index (χ1n) is 9.84. The molecule has 2 aliphatic rings. The Hall–Kier alpha value is -2.70. The van der Waals surface area contributed by atoms with Crippen molar-refractivity contribution in [2.75, 3.05) is 5.01 Å². The molecule has 28 heavy (non-hydrogen) atoms. The molecule has 1 aromatic rings. The van der Waals surface area contributed by atoms with Crippen LogP contribution in [0.25, 0.3) is 0 Å². The van der Waals surface area contributed by atoms with Crippen LogP contribution in [0, 0.1) is 13.8 Å². The molecule has 2 amide bonds. The zero-order valence-corrected chi connectivity index (χ0v) is 16.7. The van der Waals surface area contributed by atoms with E-state index < -0.39 is 12.1 Å². The van der Waals surface area contributed by atoms with Crippen molar-refractivity contribution in [3.63, 3.8) is 0 Å². The van der Waals surface area contributed by atoms with Crippen molar-refractivity contribution in [3.8, 4) is 0 Å². The molecule has 0 radical (unpaired) electrons. The van der Waals surface area contributed by atoms with Crippen LogP contribution in [0.3, 0.4) is 0 Å². The van der Waals surface area contributed by atoms with Gasteiger partial charge in [-0.2, -0.15) is 10.1 Å². The van der Waals surface area contributed by atoms with Gasteiger partial charge in [-0.3, -0.25) is 9.59 Å². The van der Waals surface area contributed by atoms with E-state index in [0.29, 0.717) is 5.69 Å². The van der Waals surface area contributed by atoms with Gasteiger partial charge in [-0.1, -0.05) is 25.0 Å². The Morgan fingerprint density at radius 1 is 1.21 bits per heavy atom. The highest BCUT2D eigenvalue weighted by Gasteiger charge is 2.30. The Balaban J connectivity index is 1.69. The van der Waals surface area contributed by atoms with Gasteiger partial charge >= 0.3 is 5.97 Å². The van der Waals surface area contributed by atoms with E-state index in [4.69, 9.17) is 4.74 Å². The summed E-state index contributed by atoms with van der Waals surface area (Å²) in [6.45, 7) is 5.37. The molecular formula is C21H27N3O4. The number of ether oxygens (including phenoxy) is 1. The zero-order valence-electron chi connectivity index (χ0n) is 16.7. The van der Waals surface area contributed by atoms with Gasteiger partial charge < -0.3 is 10.1 Å². The molecule has 7 nitrogen and oxygen atoms in total. The Labute approximate surface area is 165 Å². The Kier molecular flexibility index (Phi) is 6.11. The number of aryl methyl sites for hydroxylation is 2. The number of hydrogen-bond acceptors (Lipinski definition) is 5. The van der Waals surface area contributed by atoms with Gasteiger partial charge in [-0.15, -0.1) is 0 Å². The van der Waals surface area contributed by atoms with Gasteiger partial charge in [0.2, 0.25) is 5.91 Å². The summed E-state index contributed by atoms with van der Waals surface area (Å²) >= 11 is 0. The van der Waals surface area contributed by atoms with E-state index >= 15 is 0 Å². The molecule has 3 rings (SSSR count). The van der Waals surface area contributed by atoms with Crippen molar-refractivity contribution in [1.82, 2.24) is 5.32 Å². The lowest BCUT2D eigenvalue weighted by Gasteiger charge is -2.25. The summed E-state index contributed by atoms with van der Waals surface area (Å²) in [7, 11) is 0. The maximum Gasteiger partial charge on any atom is 0.355 e. The number of carbonyl (C=O) groups is 3. The fourth-order valence-electron chi connectivity index (χ4n) is 3.51. The van der Waals surface area contributed by atoms with Crippen LogP contribution in [0.1, 0.15) is 56.6 Å². The minimum absolute atomic E-state index is 0.154. The van der Waals surface area contributed by atoms with E-state index in [9.17, 15) is 14.4 Å². The summed E-state index contributed by atoms with van der Waals surface area (Å²) in [5.41, 5.74) is 2.69. The van der Waals surface area contributed by atoms with Crippen LogP contribution in [0.4, 0.5) is 5.69 Å². The summed E-state index contributed by atoms with van der Waals surface area (Å²) in [5, 5.41) is 8.44. The molecule has 1 heterocycles. The molecule has 0 spiro atoms. The predicted molar refractivity (Wildman–Crippen MR) is 106 cm³/mol. The van der Waals surface area contributed by atoms with Crippen LogP contribution < -0.4 is 10.3 Å². The van der Waals surface area contributed by atoms with Crippen molar-refractivity contribution in [3.05, 3.63) is 29.3 Å². The molecule has 1 aliphatic heterocycles. The lowest BCUT2D eigenvalue weighted by molar-refractivity contribution is -0.149. The summed E-state index contributed by atoms with van der Waals surface area (Å²) < 4.78 is 5.32. The normalized spacial score (nSPS) is 18.6. The first kappa shape index (κ1) is 20.0. The molecule has 7 heteroatoms. The van der Waals surface area contributed by atoms with Crippen LogP contribution in [0.15, 0.2) is 23.3 Å². The number of nitrogens with one attached hydrogen (secondary N) is 1. The van der Waals surface area contributed by atoms with Crippen LogP contribution in [0.5, 0.6) is 0 Å². The van der Waals surface area contributed by atoms with Crippen molar-refractivity contribution in [1.29, 1.82) is 0 Å². The third-order valence-corrected chi connectivity index (χ3v) is 5.22. The Bertz CT molecular complexity index is 812. The lowest BCUT2D eigenvalue weighted by Crippen LogP contribution is -2.42. The molecule has 0 bridgehead atoms. The quantitative estimate of drug-likeness (QED) is 0.790. The topological polar surface area (TPSA) is 88.1 Å². The Morgan fingerprint density at radius 2 is 1.93 bits per heavy atom. The second-order valence-electron chi connectivity index (χ2n) is 7.58. The van der Waals surface area contributed by atoms with E-state index in [0.717, 1.165) is 36.8 Å². The number of benzene rings is 1. The van der Waals surface area contributed by atoms with Crippen molar-refractivity contribution < 1.29 is 19.1 Å². The molecule has 0 aromatic heterocycles. The summed E-state index contributed by atoms with van der Waals surface area (Å²) in [6.07, 6.45) is 3.62. The lowest BCUT2D eigenvalue weighted by atomic mass is 10.1. The SMILES string of the molecule is Cc1ccc(C)c(N2N=C(C(=O)O[C@@H](C)C(=O)NC3CCCC3)CCC2=O)c1. The van der Waals surface area contributed by atoms with E-state index in [1.165, 1.54) is 5.01 Å². The zero-order chi connectivity index (χ0) is 20.3. The van der Waals surface area contributed by atoms with Crippen LogP contribution in [-0.2, 0) is 19.1 Å². The van der Waals surface area contributed by atoms with Gasteiger partial charge in [0.1, 0.15) is 5.71 Å². The number of hydrogen-bond donors (Lipinski definition) is 1. The molecule has 0 saturated heterocycles. The average molecular weight is 385 g/mol. The van der Waals surface area contributed by atoms with Gasteiger partial charge in [0.25, 0.3) is 5.91 Å². The van der Waals surface area contributed by atoms with Gasteiger partial charge in [0, 0.05) is 18.9 Å². The number of carbonyl (C=O) groups excluding carboxylic acids is 3. The van der Waals surface area contributed by atoms with E-state index in [2.05, 4.69) is 10.4 Å². The second-order valence-corrected chi connectivity index (χ2v) is 7.58. The second kappa shape index (κ2) is 8.54. The number of amides is 2. The van der Waals surface area contributed by atoms with Gasteiger partial charge in [-0.25, -0.2) is 4.79 Å². The first-order chi connectivity index (χ1) is 13.3. The maximum absolute atomic E-state index is 12.5. The average Bonchev–Trinajstić information content (AvgIpc) is 3.17. The van der Waals surface area contributed by atoms with Crippen LogP contribution >= 0.6 is 0 Å². The molecule has 1 fully saturated rings. The van der Waals surface area contributed by atoms with E-state index in [1.807, 2.05) is 32.0 Å². The number of rotatable bonds is 5. The van der Waals surface area contributed by atoms with Crippen LogP contribution in [-0.4, -0.2) is 35.6 Å². The third-order valence-electron chi connectivity index (χ3n) is 5.22. The number of hydrazone groups is 1. The molecule has 1 N–H and O–H groups in total. The molecule has 1 saturated carbocycles. The van der Waals surface area contributed by atoms with Crippen molar-refractivity contribution in [2.24, 2.45) is 5.10 Å². The predicted octanol–water partition coefficient (Wildman–Crippen LogP) is 2.78. The van der Waals surface area contributed by atoms with Gasteiger partial charge in [0.05, 0.1) is 5.69 Å². The minimum Gasteiger partial charge on any atom is -0.448 e. The van der Waals surface area contributed by atoms with Crippen molar-refractivity contribution >= 4 is 29.2 Å². The van der Waals surface area contributed by atoms with Crippen LogP contribution in [0.2, 0.25) is 0 Å². The standard InChI is InChI=1S/C21H27N3O4/c1-13-8-9-14(2)18(12-13)24-19(25)11-10-17(23-24)21(27)28-15(3)20(26)22-16-6-4-5-7-16/h8-9,12,15-16H,4-7,10-11H2,1-3H3,(H,22,26)/t15-/m0/s1. The maximum atomic E-state index is 12.5. The Morgan fingerprint density at radius 3 is 2.64 bits per heavy atom. The molecule has 0 unspecified atom stereocenters. The highest BCUT2D eigenvalue weighted by Crippen LogP contribution is 2.25. The highest BCUT2D eigenvalue weighted by molar-refractivity contribution is 6.38. The summed E-state index contributed by atoms with van der Waals surface area (Å²) in [4.78, 5) is 37.1. The number of nitrogens with zero attached hydrogens (tertiary/aromatic N) is 2. The fourth-order valence-corrected chi connectivity index (χ4v) is 3.51. The third kappa shape index (κ3) is 4.58. The number of esters is 1. The smallest absolute Gasteiger partial charge is 0.355 e. The van der Waals surface area contributed by atoms with Gasteiger partial charge in [-0.05, 0) is 50.8 Å². The molecule has 150 valence electrons. The van der Waals surface area contributed by atoms with Gasteiger partial charge in [0.15, 0.2) is 6.10 Å². The summed E-state index contributed by atoms with van der Waals surface area (Å²) in [6, 6.07) is 5.90. The number of anilines is 1. The van der Waals surface area contributed by atoms with E-state index in [1.54, 1.807) is 6.92 Å². The molecular weight excluding hydrogens is 358 g/mol. The first-order valence-corrected chi connectivity index (χ1v) is 9.84. The molecule has 1 aromatic carbocycles. The highest BCUT2D eigenvalue weighted by atomic mass is 16.5.